The summed E-state index contributed by atoms with van der Waals surface area (Å²) in [6.07, 6.45) is 0. The van der Waals surface area contributed by atoms with Crippen LogP contribution in [-0.2, 0) is 10.0 Å². The highest BCUT2D eigenvalue weighted by Gasteiger charge is 2.17. The Bertz CT molecular complexity index is 614. The maximum absolute atomic E-state index is 12.1. The zero-order valence-corrected chi connectivity index (χ0v) is 13.6. The first-order valence-corrected chi connectivity index (χ1v) is 8.87. The SMILES string of the molecule is Cc1ccc(S(=O)(=O)NCCN2CCN(CC#N)CC2)cc1. The fourth-order valence-electron chi connectivity index (χ4n) is 2.41. The maximum Gasteiger partial charge on any atom is 0.240 e. The lowest BCUT2D eigenvalue weighted by Gasteiger charge is -2.33. The largest absolute Gasteiger partial charge is 0.299 e. The Balaban J connectivity index is 1.77. The van der Waals surface area contributed by atoms with Crippen molar-refractivity contribution in [2.24, 2.45) is 0 Å². The predicted octanol–water partition coefficient (Wildman–Crippen LogP) is 0.415. The van der Waals surface area contributed by atoms with Crippen LogP contribution in [0.1, 0.15) is 5.56 Å². The molecule has 1 heterocycles. The van der Waals surface area contributed by atoms with Gasteiger partial charge in [-0.3, -0.25) is 9.80 Å². The first kappa shape index (κ1) is 16.9. The van der Waals surface area contributed by atoms with Crippen LogP contribution in [0.5, 0.6) is 0 Å². The van der Waals surface area contributed by atoms with Gasteiger partial charge in [0.2, 0.25) is 10.0 Å². The van der Waals surface area contributed by atoms with E-state index in [0.29, 0.717) is 24.5 Å². The van der Waals surface area contributed by atoms with Crippen molar-refractivity contribution in [3.8, 4) is 6.07 Å². The Hall–Kier alpha value is -1.46. The minimum atomic E-state index is -3.43. The van der Waals surface area contributed by atoms with Crippen LogP contribution in [0.4, 0.5) is 0 Å². The van der Waals surface area contributed by atoms with Gasteiger partial charge in [-0.05, 0) is 19.1 Å². The van der Waals surface area contributed by atoms with Crippen LogP contribution in [-0.4, -0.2) is 64.0 Å². The minimum Gasteiger partial charge on any atom is -0.299 e. The van der Waals surface area contributed by atoms with Crippen molar-refractivity contribution in [3.05, 3.63) is 29.8 Å². The van der Waals surface area contributed by atoms with Gasteiger partial charge in [-0.2, -0.15) is 5.26 Å². The summed E-state index contributed by atoms with van der Waals surface area (Å²) in [5, 5.41) is 8.66. The summed E-state index contributed by atoms with van der Waals surface area (Å²) in [5.41, 5.74) is 1.04. The van der Waals surface area contributed by atoms with Crippen LogP contribution in [0, 0.1) is 18.3 Å². The fourth-order valence-corrected chi connectivity index (χ4v) is 3.43. The van der Waals surface area contributed by atoms with Crippen molar-refractivity contribution in [1.29, 1.82) is 5.26 Å². The van der Waals surface area contributed by atoms with E-state index in [-0.39, 0.29) is 0 Å². The molecular weight excluding hydrogens is 300 g/mol. The van der Waals surface area contributed by atoms with Crippen molar-refractivity contribution in [2.75, 3.05) is 45.8 Å². The van der Waals surface area contributed by atoms with Crippen molar-refractivity contribution >= 4 is 10.0 Å². The predicted molar refractivity (Wildman–Crippen MR) is 84.9 cm³/mol. The number of benzene rings is 1. The molecule has 120 valence electrons. The highest BCUT2D eigenvalue weighted by molar-refractivity contribution is 7.89. The summed E-state index contributed by atoms with van der Waals surface area (Å²) in [7, 11) is -3.43. The van der Waals surface area contributed by atoms with Gasteiger partial charge in [0.05, 0.1) is 17.5 Å². The van der Waals surface area contributed by atoms with Gasteiger partial charge in [-0.25, -0.2) is 13.1 Å². The highest BCUT2D eigenvalue weighted by atomic mass is 32.2. The lowest BCUT2D eigenvalue weighted by Crippen LogP contribution is -2.48. The Kier molecular flexibility index (Phi) is 5.91. The zero-order chi connectivity index (χ0) is 16.0. The molecule has 0 bridgehead atoms. The standard InChI is InChI=1S/C15H22N4O2S/c1-14-2-4-15(5-3-14)22(20,21)17-7-9-19-12-10-18(8-6-16)11-13-19/h2-5,17H,7-13H2,1H3. The molecule has 6 nitrogen and oxygen atoms in total. The van der Waals surface area contributed by atoms with E-state index in [1.165, 1.54) is 0 Å². The van der Waals surface area contributed by atoms with E-state index in [1.54, 1.807) is 24.3 Å². The molecule has 1 aliphatic heterocycles. The molecule has 1 aromatic rings. The summed E-state index contributed by atoms with van der Waals surface area (Å²) < 4.78 is 26.9. The Labute approximate surface area is 132 Å². The number of aryl methyl sites for hydroxylation is 1. The molecule has 1 aliphatic rings. The molecule has 22 heavy (non-hydrogen) atoms. The molecule has 1 aromatic carbocycles. The number of nitrogens with zero attached hydrogens (tertiary/aromatic N) is 3. The fraction of sp³-hybridized carbons (Fsp3) is 0.533. The van der Waals surface area contributed by atoms with E-state index in [2.05, 4.69) is 20.6 Å². The molecular formula is C15H22N4O2S. The zero-order valence-electron chi connectivity index (χ0n) is 12.8. The van der Waals surface area contributed by atoms with Crippen molar-refractivity contribution in [2.45, 2.75) is 11.8 Å². The molecule has 0 radical (unpaired) electrons. The smallest absolute Gasteiger partial charge is 0.240 e. The van der Waals surface area contributed by atoms with Gasteiger partial charge in [-0.1, -0.05) is 17.7 Å². The third-order valence-corrected chi connectivity index (χ3v) is 5.29. The second-order valence-corrected chi connectivity index (χ2v) is 7.25. The lowest BCUT2D eigenvalue weighted by atomic mass is 10.2. The van der Waals surface area contributed by atoms with E-state index in [9.17, 15) is 8.42 Å². The van der Waals surface area contributed by atoms with E-state index in [0.717, 1.165) is 31.7 Å². The first-order chi connectivity index (χ1) is 10.5. The monoisotopic (exact) mass is 322 g/mol. The Morgan fingerprint density at radius 1 is 1.14 bits per heavy atom. The Morgan fingerprint density at radius 2 is 1.73 bits per heavy atom. The molecule has 0 aliphatic carbocycles. The van der Waals surface area contributed by atoms with E-state index >= 15 is 0 Å². The van der Waals surface area contributed by atoms with Gasteiger partial charge in [0.25, 0.3) is 0 Å². The van der Waals surface area contributed by atoms with Crippen LogP contribution in [0.3, 0.4) is 0 Å². The van der Waals surface area contributed by atoms with Crippen LogP contribution in [0.25, 0.3) is 0 Å². The summed E-state index contributed by atoms with van der Waals surface area (Å²) in [5.74, 6) is 0. The number of nitrogens with one attached hydrogen (secondary N) is 1. The summed E-state index contributed by atoms with van der Waals surface area (Å²) in [6, 6.07) is 8.99. The summed E-state index contributed by atoms with van der Waals surface area (Å²) in [6.45, 7) is 6.93. The molecule has 2 rings (SSSR count). The first-order valence-electron chi connectivity index (χ1n) is 7.39. The number of rotatable bonds is 6. The topological polar surface area (TPSA) is 76.4 Å². The molecule has 0 saturated carbocycles. The molecule has 1 saturated heterocycles. The van der Waals surface area contributed by atoms with Crippen LogP contribution < -0.4 is 4.72 Å². The van der Waals surface area contributed by atoms with E-state index < -0.39 is 10.0 Å². The van der Waals surface area contributed by atoms with Gasteiger partial charge >= 0.3 is 0 Å². The van der Waals surface area contributed by atoms with Crippen molar-refractivity contribution < 1.29 is 8.42 Å². The average Bonchev–Trinajstić information content (AvgIpc) is 2.50. The number of piperazine rings is 1. The molecule has 0 spiro atoms. The minimum absolute atomic E-state index is 0.303. The van der Waals surface area contributed by atoms with Crippen molar-refractivity contribution in [3.63, 3.8) is 0 Å². The number of hydrogen-bond acceptors (Lipinski definition) is 5. The molecule has 1 N–H and O–H groups in total. The molecule has 0 atom stereocenters. The molecule has 0 amide bonds. The lowest BCUT2D eigenvalue weighted by molar-refractivity contribution is 0.146. The second-order valence-electron chi connectivity index (χ2n) is 5.49. The summed E-state index contributed by atoms with van der Waals surface area (Å²) >= 11 is 0. The molecule has 7 heteroatoms. The quantitative estimate of drug-likeness (QED) is 0.768. The molecule has 0 unspecified atom stereocenters. The van der Waals surface area contributed by atoms with Gasteiger partial charge in [0.1, 0.15) is 0 Å². The van der Waals surface area contributed by atoms with E-state index in [1.807, 2.05) is 6.92 Å². The van der Waals surface area contributed by atoms with Gasteiger partial charge < -0.3 is 0 Å². The van der Waals surface area contributed by atoms with Crippen LogP contribution in [0.2, 0.25) is 0 Å². The van der Waals surface area contributed by atoms with E-state index in [4.69, 9.17) is 5.26 Å². The van der Waals surface area contributed by atoms with Gasteiger partial charge in [0, 0.05) is 39.3 Å². The third kappa shape index (κ3) is 4.78. The van der Waals surface area contributed by atoms with Gasteiger partial charge in [-0.15, -0.1) is 0 Å². The normalized spacial score (nSPS) is 17.3. The van der Waals surface area contributed by atoms with Gasteiger partial charge in [0.15, 0.2) is 0 Å². The Morgan fingerprint density at radius 3 is 2.32 bits per heavy atom. The number of sulfonamides is 1. The van der Waals surface area contributed by atoms with Crippen LogP contribution in [0.15, 0.2) is 29.2 Å². The third-order valence-electron chi connectivity index (χ3n) is 3.81. The molecule has 0 aromatic heterocycles. The number of nitriles is 1. The van der Waals surface area contributed by atoms with Crippen molar-refractivity contribution in [1.82, 2.24) is 14.5 Å². The second kappa shape index (κ2) is 7.70. The maximum atomic E-state index is 12.1. The van der Waals surface area contributed by atoms with Crippen LogP contribution >= 0.6 is 0 Å². The summed E-state index contributed by atoms with van der Waals surface area (Å²) in [4.78, 5) is 4.62. The highest BCUT2D eigenvalue weighted by Crippen LogP contribution is 2.09. The average molecular weight is 322 g/mol. The number of hydrogen-bond donors (Lipinski definition) is 1. The molecule has 1 fully saturated rings.